The Bertz CT molecular complexity index is 914. The van der Waals surface area contributed by atoms with Gasteiger partial charge in [0.2, 0.25) is 17.7 Å². The number of hydrogen-bond donors (Lipinski definition) is 2. The van der Waals surface area contributed by atoms with Crippen LogP contribution in [0.3, 0.4) is 0 Å². The summed E-state index contributed by atoms with van der Waals surface area (Å²) in [5.74, 6) is -0.997. The molecule has 0 radical (unpaired) electrons. The van der Waals surface area contributed by atoms with E-state index in [1.165, 1.54) is 4.90 Å². The molecule has 146 valence electrons. The number of halogens is 1. The van der Waals surface area contributed by atoms with Crippen molar-refractivity contribution >= 4 is 45.0 Å². The highest BCUT2D eigenvalue weighted by Gasteiger charge is 2.34. The first-order valence-electron chi connectivity index (χ1n) is 8.72. The zero-order valence-corrected chi connectivity index (χ0v) is 16.9. The third-order valence-electron chi connectivity index (χ3n) is 4.58. The molecule has 7 nitrogen and oxygen atoms in total. The van der Waals surface area contributed by atoms with E-state index < -0.39 is 11.8 Å². The molecule has 0 aromatic heterocycles. The van der Waals surface area contributed by atoms with Gasteiger partial charge in [-0.25, -0.2) is 0 Å². The van der Waals surface area contributed by atoms with Gasteiger partial charge >= 0.3 is 0 Å². The van der Waals surface area contributed by atoms with Crippen LogP contribution in [0.4, 0.5) is 11.4 Å². The molecule has 0 spiro atoms. The van der Waals surface area contributed by atoms with Crippen molar-refractivity contribution in [3.8, 4) is 5.75 Å². The molecule has 0 saturated carbocycles. The minimum atomic E-state index is -0.656. The van der Waals surface area contributed by atoms with E-state index in [1.54, 1.807) is 43.5 Å². The number of ether oxygens (including phenoxy) is 1. The summed E-state index contributed by atoms with van der Waals surface area (Å²) in [5, 5.41) is 2.79. The maximum absolute atomic E-state index is 13.4. The standard InChI is InChI=1S/C20H20BrN3O4/c1-28-14-5-3-13(4-6-14)24(9-8-18(22)25)20(27)16-11-19(26)23-17-7-2-12(21)10-15(16)17/h2-7,10,16H,8-9,11H2,1H3,(H2,22,25)(H,23,26). The summed E-state index contributed by atoms with van der Waals surface area (Å²) < 4.78 is 5.98. The molecule has 3 amide bonds. The summed E-state index contributed by atoms with van der Waals surface area (Å²) in [6.45, 7) is 0.127. The lowest BCUT2D eigenvalue weighted by molar-refractivity contribution is -0.124. The first-order chi connectivity index (χ1) is 13.4. The van der Waals surface area contributed by atoms with Gasteiger partial charge < -0.3 is 20.7 Å². The van der Waals surface area contributed by atoms with Gasteiger partial charge in [-0.2, -0.15) is 0 Å². The maximum atomic E-state index is 13.4. The maximum Gasteiger partial charge on any atom is 0.235 e. The number of carbonyl (C=O) groups is 3. The quantitative estimate of drug-likeness (QED) is 0.713. The summed E-state index contributed by atoms with van der Waals surface area (Å²) in [5.41, 5.74) is 7.25. The molecule has 3 N–H and O–H groups in total. The van der Waals surface area contributed by atoms with Crippen molar-refractivity contribution < 1.29 is 19.1 Å². The number of primary amides is 1. The van der Waals surface area contributed by atoms with Gasteiger partial charge in [-0.1, -0.05) is 15.9 Å². The average Bonchev–Trinajstić information content (AvgIpc) is 2.68. The van der Waals surface area contributed by atoms with Crippen LogP contribution in [0.1, 0.15) is 24.3 Å². The van der Waals surface area contributed by atoms with Crippen molar-refractivity contribution in [3.63, 3.8) is 0 Å². The Kier molecular flexibility index (Phi) is 5.99. The lowest BCUT2D eigenvalue weighted by Crippen LogP contribution is -2.40. The molecule has 0 bridgehead atoms. The summed E-state index contributed by atoms with van der Waals surface area (Å²) in [6.07, 6.45) is 0.0491. The van der Waals surface area contributed by atoms with Crippen LogP contribution < -0.4 is 20.7 Å². The van der Waals surface area contributed by atoms with Crippen molar-refractivity contribution in [1.29, 1.82) is 0 Å². The van der Waals surface area contributed by atoms with Crippen LogP contribution in [0.5, 0.6) is 5.75 Å². The van der Waals surface area contributed by atoms with Crippen LogP contribution in [0.25, 0.3) is 0 Å². The number of nitrogens with zero attached hydrogens (tertiary/aromatic N) is 1. The van der Waals surface area contributed by atoms with Gasteiger partial charge in [0.25, 0.3) is 0 Å². The Morgan fingerprint density at radius 3 is 2.61 bits per heavy atom. The molecule has 0 aliphatic carbocycles. The van der Waals surface area contributed by atoms with Crippen LogP contribution in [0, 0.1) is 0 Å². The van der Waals surface area contributed by atoms with Gasteiger partial charge in [0.05, 0.1) is 13.0 Å². The second-order valence-corrected chi connectivity index (χ2v) is 7.36. The monoisotopic (exact) mass is 445 g/mol. The Hall–Kier alpha value is -2.87. The fourth-order valence-corrected chi connectivity index (χ4v) is 3.57. The highest BCUT2D eigenvalue weighted by Crippen LogP contribution is 2.36. The highest BCUT2D eigenvalue weighted by molar-refractivity contribution is 9.10. The topological polar surface area (TPSA) is 102 Å². The third kappa shape index (κ3) is 4.33. The van der Waals surface area contributed by atoms with Crippen LogP contribution >= 0.6 is 15.9 Å². The fourth-order valence-electron chi connectivity index (χ4n) is 3.19. The lowest BCUT2D eigenvalue weighted by atomic mass is 9.89. The largest absolute Gasteiger partial charge is 0.497 e. The number of amides is 3. The molecule has 8 heteroatoms. The van der Waals surface area contributed by atoms with Crippen LogP contribution in [-0.2, 0) is 14.4 Å². The predicted octanol–water partition coefficient (Wildman–Crippen LogP) is 2.79. The number of fused-ring (bicyclic) bond motifs is 1. The van der Waals surface area contributed by atoms with Crippen molar-refractivity contribution in [2.24, 2.45) is 5.73 Å². The molecule has 0 saturated heterocycles. The van der Waals surface area contributed by atoms with E-state index in [0.717, 1.165) is 10.0 Å². The first kappa shape index (κ1) is 19.9. The molecule has 1 atom stereocenters. The van der Waals surface area contributed by atoms with Gasteiger partial charge in [-0.3, -0.25) is 14.4 Å². The second-order valence-electron chi connectivity index (χ2n) is 6.44. The van der Waals surface area contributed by atoms with Crippen LogP contribution in [-0.4, -0.2) is 31.4 Å². The molecule has 0 fully saturated rings. The number of rotatable bonds is 6. The summed E-state index contributed by atoms with van der Waals surface area (Å²) in [6, 6.07) is 12.3. The highest BCUT2D eigenvalue weighted by atomic mass is 79.9. The molecule has 28 heavy (non-hydrogen) atoms. The van der Waals surface area contributed by atoms with Crippen molar-refractivity contribution in [2.45, 2.75) is 18.8 Å². The SMILES string of the molecule is COc1ccc(N(CCC(N)=O)C(=O)C2CC(=O)Nc3ccc(Br)cc32)cc1. The Morgan fingerprint density at radius 1 is 1.25 bits per heavy atom. The molecule has 2 aromatic carbocycles. The third-order valence-corrected chi connectivity index (χ3v) is 5.08. The number of methoxy groups -OCH3 is 1. The van der Waals surface area contributed by atoms with Gasteiger partial charge in [-0.15, -0.1) is 0 Å². The molecular weight excluding hydrogens is 426 g/mol. The van der Waals surface area contributed by atoms with E-state index in [1.807, 2.05) is 6.07 Å². The van der Waals surface area contributed by atoms with E-state index in [-0.39, 0.29) is 31.2 Å². The minimum absolute atomic E-state index is 0.0159. The fraction of sp³-hybridized carbons (Fsp3) is 0.250. The first-order valence-corrected chi connectivity index (χ1v) is 9.51. The van der Waals surface area contributed by atoms with Gasteiger partial charge in [-0.05, 0) is 48.0 Å². The predicted molar refractivity (Wildman–Crippen MR) is 109 cm³/mol. The molecule has 1 heterocycles. The molecule has 3 rings (SSSR count). The number of nitrogens with two attached hydrogens (primary N) is 1. The van der Waals surface area contributed by atoms with Crippen LogP contribution in [0.15, 0.2) is 46.9 Å². The van der Waals surface area contributed by atoms with E-state index in [0.29, 0.717) is 17.1 Å². The molecule has 1 unspecified atom stereocenters. The molecular formula is C20H20BrN3O4. The van der Waals surface area contributed by atoms with E-state index in [4.69, 9.17) is 10.5 Å². The van der Waals surface area contributed by atoms with Crippen LogP contribution in [0.2, 0.25) is 0 Å². The number of benzene rings is 2. The number of hydrogen-bond acceptors (Lipinski definition) is 4. The number of carbonyl (C=O) groups excluding carboxylic acids is 3. The van der Waals surface area contributed by atoms with Gasteiger partial charge in [0.1, 0.15) is 5.75 Å². The van der Waals surface area contributed by atoms with E-state index in [9.17, 15) is 14.4 Å². The minimum Gasteiger partial charge on any atom is -0.497 e. The van der Waals surface area contributed by atoms with Crippen molar-refractivity contribution in [1.82, 2.24) is 0 Å². The summed E-state index contributed by atoms with van der Waals surface area (Å²) >= 11 is 3.42. The smallest absolute Gasteiger partial charge is 0.235 e. The van der Waals surface area contributed by atoms with Gasteiger partial charge in [0, 0.05) is 35.2 Å². The molecule has 1 aliphatic rings. The number of nitrogens with one attached hydrogen (secondary N) is 1. The zero-order valence-electron chi connectivity index (χ0n) is 15.3. The normalized spacial score (nSPS) is 15.4. The Labute approximate surface area is 171 Å². The van der Waals surface area contributed by atoms with E-state index >= 15 is 0 Å². The summed E-state index contributed by atoms with van der Waals surface area (Å²) in [4.78, 5) is 38.4. The van der Waals surface area contributed by atoms with Crippen molar-refractivity contribution in [2.75, 3.05) is 23.9 Å². The molecule has 1 aliphatic heterocycles. The summed E-state index contributed by atoms with van der Waals surface area (Å²) in [7, 11) is 1.56. The Balaban J connectivity index is 1.97. The average molecular weight is 446 g/mol. The zero-order chi connectivity index (χ0) is 20.3. The second kappa shape index (κ2) is 8.43. The Morgan fingerprint density at radius 2 is 1.96 bits per heavy atom. The number of anilines is 2. The van der Waals surface area contributed by atoms with E-state index in [2.05, 4.69) is 21.2 Å². The van der Waals surface area contributed by atoms with Gasteiger partial charge in [0.15, 0.2) is 0 Å². The lowest BCUT2D eigenvalue weighted by Gasteiger charge is -2.31. The molecule has 2 aromatic rings. The van der Waals surface area contributed by atoms with Crippen molar-refractivity contribution in [3.05, 3.63) is 52.5 Å².